The fourth-order valence-electron chi connectivity index (χ4n) is 1.77. The lowest BCUT2D eigenvalue weighted by atomic mass is 9.93. The average molecular weight is 177 g/mol. The summed E-state index contributed by atoms with van der Waals surface area (Å²) >= 11 is 0. The molecule has 0 amide bonds. The van der Waals surface area contributed by atoms with Gasteiger partial charge >= 0.3 is 0 Å². The third-order valence-electron chi connectivity index (χ3n) is 2.53. The van der Waals surface area contributed by atoms with Crippen molar-refractivity contribution in [3.05, 3.63) is 29.1 Å². The highest BCUT2D eigenvalue weighted by molar-refractivity contribution is 5.28. The zero-order valence-electron chi connectivity index (χ0n) is 9.09. The maximum absolute atomic E-state index is 4.28. The Hall–Kier alpha value is -0.850. The van der Waals surface area contributed by atoms with E-state index in [0.29, 0.717) is 5.92 Å². The van der Waals surface area contributed by atoms with Crippen LogP contribution >= 0.6 is 0 Å². The van der Waals surface area contributed by atoms with Crippen molar-refractivity contribution in [3.63, 3.8) is 0 Å². The van der Waals surface area contributed by atoms with Gasteiger partial charge in [0.05, 0.1) is 0 Å². The summed E-state index contributed by atoms with van der Waals surface area (Å²) in [6, 6.07) is 2.22. The minimum Gasteiger partial charge on any atom is -0.261 e. The second kappa shape index (κ2) is 4.40. The quantitative estimate of drug-likeness (QED) is 0.687. The molecule has 13 heavy (non-hydrogen) atoms. The van der Waals surface area contributed by atoms with Crippen LogP contribution in [0.15, 0.2) is 12.3 Å². The van der Waals surface area contributed by atoms with Crippen LogP contribution in [0.2, 0.25) is 0 Å². The van der Waals surface area contributed by atoms with Crippen molar-refractivity contribution in [2.24, 2.45) is 0 Å². The van der Waals surface area contributed by atoms with Crippen LogP contribution in [0, 0.1) is 13.8 Å². The highest BCUT2D eigenvalue weighted by Crippen LogP contribution is 2.23. The molecule has 0 aliphatic heterocycles. The van der Waals surface area contributed by atoms with E-state index in [1.165, 1.54) is 24.0 Å². The molecule has 1 aromatic heterocycles. The van der Waals surface area contributed by atoms with Gasteiger partial charge in [0, 0.05) is 11.9 Å². The molecule has 1 heteroatoms. The van der Waals surface area contributed by atoms with Gasteiger partial charge in [-0.05, 0) is 43.4 Å². The van der Waals surface area contributed by atoms with E-state index in [1.54, 1.807) is 0 Å². The van der Waals surface area contributed by atoms with Crippen molar-refractivity contribution in [3.8, 4) is 0 Å². The minimum atomic E-state index is 0.673. The van der Waals surface area contributed by atoms with Crippen molar-refractivity contribution in [2.45, 2.75) is 46.5 Å². The summed E-state index contributed by atoms with van der Waals surface area (Å²) in [5.74, 6) is 0.673. The molecule has 1 atom stereocenters. The van der Waals surface area contributed by atoms with Crippen molar-refractivity contribution in [2.75, 3.05) is 0 Å². The van der Waals surface area contributed by atoms with Gasteiger partial charge in [-0.2, -0.15) is 0 Å². The molecule has 0 fully saturated rings. The summed E-state index contributed by atoms with van der Waals surface area (Å²) in [6.07, 6.45) is 4.50. The molecule has 0 aliphatic carbocycles. The summed E-state index contributed by atoms with van der Waals surface area (Å²) in [6.45, 7) is 8.74. The third-order valence-corrected chi connectivity index (χ3v) is 2.53. The number of pyridine rings is 1. The van der Waals surface area contributed by atoms with Crippen LogP contribution in [0.5, 0.6) is 0 Å². The lowest BCUT2D eigenvalue weighted by Gasteiger charge is -2.13. The van der Waals surface area contributed by atoms with Crippen LogP contribution in [0.4, 0.5) is 0 Å². The largest absolute Gasteiger partial charge is 0.261 e. The van der Waals surface area contributed by atoms with Gasteiger partial charge in [0.15, 0.2) is 0 Å². The van der Waals surface area contributed by atoms with Gasteiger partial charge in [-0.3, -0.25) is 4.98 Å². The molecular formula is C12H19N. The Balaban J connectivity index is 2.91. The van der Waals surface area contributed by atoms with E-state index < -0.39 is 0 Å². The van der Waals surface area contributed by atoms with Crippen LogP contribution < -0.4 is 0 Å². The first-order valence-electron chi connectivity index (χ1n) is 5.08. The normalized spacial score (nSPS) is 12.9. The first kappa shape index (κ1) is 10.2. The van der Waals surface area contributed by atoms with E-state index in [-0.39, 0.29) is 0 Å². The number of hydrogen-bond donors (Lipinski definition) is 0. The van der Waals surface area contributed by atoms with E-state index >= 15 is 0 Å². The van der Waals surface area contributed by atoms with Gasteiger partial charge in [0.25, 0.3) is 0 Å². The van der Waals surface area contributed by atoms with Gasteiger partial charge in [-0.1, -0.05) is 20.3 Å². The SMILES string of the molecule is CCCC(C)c1cc(C)ncc1C. The van der Waals surface area contributed by atoms with E-state index in [9.17, 15) is 0 Å². The monoisotopic (exact) mass is 177 g/mol. The van der Waals surface area contributed by atoms with Crippen molar-refractivity contribution < 1.29 is 0 Å². The standard InChI is InChI=1S/C12H19N/c1-5-6-9(2)12-7-11(4)13-8-10(12)3/h7-9H,5-6H2,1-4H3. The first-order chi connectivity index (χ1) is 6.15. The van der Waals surface area contributed by atoms with Crippen LogP contribution in [-0.2, 0) is 0 Å². The summed E-state index contributed by atoms with van der Waals surface area (Å²) < 4.78 is 0. The van der Waals surface area contributed by atoms with Crippen LogP contribution in [0.25, 0.3) is 0 Å². The number of aryl methyl sites for hydroxylation is 2. The van der Waals surface area contributed by atoms with Crippen LogP contribution in [0.1, 0.15) is 49.4 Å². The molecular weight excluding hydrogens is 158 g/mol. The lowest BCUT2D eigenvalue weighted by molar-refractivity contribution is 0.659. The Labute approximate surface area is 81.2 Å². The average Bonchev–Trinajstić information content (AvgIpc) is 2.09. The third kappa shape index (κ3) is 2.55. The van der Waals surface area contributed by atoms with Crippen LogP contribution in [0.3, 0.4) is 0 Å². The molecule has 0 aromatic carbocycles. The van der Waals surface area contributed by atoms with Crippen molar-refractivity contribution in [1.82, 2.24) is 4.98 Å². The Bertz CT molecular complexity index is 278. The second-order valence-electron chi connectivity index (χ2n) is 3.87. The predicted octanol–water partition coefficient (Wildman–Crippen LogP) is 3.60. The topological polar surface area (TPSA) is 12.9 Å². The summed E-state index contributed by atoms with van der Waals surface area (Å²) in [4.78, 5) is 4.28. The summed E-state index contributed by atoms with van der Waals surface area (Å²) in [5.41, 5.74) is 3.92. The zero-order chi connectivity index (χ0) is 9.84. The lowest BCUT2D eigenvalue weighted by Crippen LogP contribution is -1.98. The van der Waals surface area contributed by atoms with E-state index in [1.807, 2.05) is 6.20 Å². The second-order valence-corrected chi connectivity index (χ2v) is 3.87. The summed E-state index contributed by atoms with van der Waals surface area (Å²) in [7, 11) is 0. The Morgan fingerprint density at radius 1 is 1.38 bits per heavy atom. The molecule has 0 radical (unpaired) electrons. The molecule has 0 saturated heterocycles. The molecule has 0 spiro atoms. The molecule has 1 rings (SSSR count). The maximum atomic E-state index is 4.28. The number of aromatic nitrogens is 1. The van der Waals surface area contributed by atoms with Gasteiger partial charge < -0.3 is 0 Å². The maximum Gasteiger partial charge on any atom is 0.0375 e. The molecule has 1 nitrogen and oxygen atoms in total. The minimum absolute atomic E-state index is 0.673. The fourth-order valence-corrected chi connectivity index (χ4v) is 1.77. The molecule has 0 saturated carbocycles. The first-order valence-corrected chi connectivity index (χ1v) is 5.08. The molecule has 1 unspecified atom stereocenters. The van der Waals surface area contributed by atoms with Gasteiger partial charge in [-0.25, -0.2) is 0 Å². The van der Waals surface area contributed by atoms with E-state index in [0.717, 1.165) is 5.69 Å². The molecule has 0 bridgehead atoms. The summed E-state index contributed by atoms with van der Waals surface area (Å²) in [5, 5.41) is 0. The van der Waals surface area contributed by atoms with Gasteiger partial charge in [-0.15, -0.1) is 0 Å². The zero-order valence-corrected chi connectivity index (χ0v) is 9.09. The van der Waals surface area contributed by atoms with Crippen molar-refractivity contribution in [1.29, 1.82) is 0 Å². The Morgan fingerprint density at radius 2 is 2.08 bits per heavy atom. The fraction of sp³-hybridized carbons (Fsp3) is 0.583. The number of hydrogen-bond acceptors (Lipinski definition) is 1. The number of nitrogens with zero attached hydrogens (tertiary/aromatic N) is 1. The smallest absolute Gasteiger partial charge is 0.0375 e. The Kier molecular flexibility index (Phi) is 3.47. The predicted molar refractivity (Wildman–Crippen MR) is 57.0 cm³/mol. The molecule has 72 valence electrons. The highest BCUT2D eigenvalue weighted by Gasteiger charge is 2.07. The number of rotatable bonds is 3. The molecule has 0 N–H and O–H groups in total. The Morgan fingerprint density at radius 3 is 2.69 bits per heavy atom. The van der Waals surface area contributed by atoms with Gasteiger partial charge in [0.2, 0.25) is 0 Å². The highest BCUT2D eigenvalue weighted by atomic mass is 14.7. The van der Waals surface area contributed by atoms with Crippen LogP contribution in [-0.4, -0.2) is 4.98 Å². The van der Waals surface area contributed by atoms with Crippen molar-refractivity contribution >= 4 is 0 Å². The van der Waals surface area contributed by atoms with E-state index in [2.05, 4.69) is 38.7 Å². The molecule has 1 heterocycles. The molecule has 1 aromatic rings. The van der Waals surface area contributed by atoms with E-state index in [4.69, 9.17) is 0 Å². The molecule has 0 aliphatic rings. The van der Waals surface area contributed by atoms with Gasteiger partial charge in [0.1, 0.15) is 0 Å².